The van der Waals surface area contributed by atoms with Crippen molar-refractivity contribution in [2.45, 2.75) is 13.8 Å². The predicted molar refractivity (Wildman–Crippen MR) is 68.1 cm³/mol. The second-order valence-electron chi connectivity index (χ2n) is 4.57. The van der Waals surface area contributed by atoms with Crippen LogP contribution in [0, 0.1) is 11.8 Å². The van der Waals surface area contributed by atoms with Crippen molar-refractivity contribution in [2.24, 2.45) is 11.8 Å². The maximum absolute atomic E-state index is 12.4. The minimum absolute atomic E-state index is 0.00546. The molecule has 0 fully saturated rings. The summed E-state index contributed by atoms with van der Waals surface area (Å²) >= 11 is 0. The van der Waals surface area contributed by atoms with Gasteiger partial charge in [0.05, 0.1) is 18.9 Å². The highest BCUT2D eigenvalue weighted by molar-refractivity contribution is 6.04. The zero-order valence-electron chi connectivity index (χ0n) is 10.8. The van der Waals surface area contributed by atoms with Crippen molar-refractivity contribution in [3.8, 4) is 0 Å². The van der Waals surface area contributed by atoms with Crippen molar-refractivity contribution >= 4 is 11.8 Å². The van der Waals surface area contributed by atoms with Crippen LogP contribution in [0.25, 0.3) is 0 Å². The van der Waals surface area contributed by atoms with Crippen LogP contribution in [0.1, 0.15) is 24.2 Å². The van der Waals surface area contributed by atoms with E-state index in [1.54, 1.807) is 12.1 Å². The van der Waals surface area contributed by atoms with Crippen LogP contribution < -0.4 is 0 Å². The largest absolute Gasteiger partial charge is 0.469 e. The third-order valence-electron chi connectivity index (χ3n) is 3.68. The van der Waals surface area contributed by atoms with Gasteiger partial charge in [-0.2, -0.15) is 0 Å². The highest BCUT2D eigenvalue weighted by Gasteiger charge is 2.45. The fourth-order valence-electron chi connectivity index (χ4n) is 2.46. The van der Waals surface area contributed by atoms with Gasteiger partial charge in [0.15, 0.2) is 5.78 Å². The van der Waals surface area contributed by atoms with E-state index in [0.29, 0.717) is 5.56 Å². The van der Waals surface area contributed by atoms with E-state index in [1.807, 2.05) is 32.0 Å². The van der Waals surface area contributed by atoms with E-state index in [2.05, 4.69) is 0 Å². The molecule has 3 heteroatoms. The normalized spacial score (nSPS) is 22.4. The number of carbonyl (C=O) groups excluding carboxylic acids is 2. The molecule has 0 saturated heterocycles. The molecular weight excluding hydrogens is 228 g/mol. The Morgan fingerprint density at radius 3 is 2.11 bits per heavy atom. The van der Waals surface area contributed by atoms with E-state index in [9.17, 15) is 9.59 Å². The first-order valence-electron chi connectivity index (χ1n) is 5.92. The molecule has 0 saturated carbocycles. The van der Waals surface area contributed by atoms with Crippen LogP contribution in [-0.4, -0.2) is 18.9 Å². The van der Waals surface area contributed by atoms with Crippen LogP contribution in [0.4, 0.5) is 0 Å². The molecule has 0 amide bonds. The number of ketones is 1. The molecule has 3 nitrogen and oxygen atoms in total. The number of methoxy groups -OCH3 is 1. The van der Waals surface area contributed by atoms with E-state index in [-0.39, 0.29) is 17.7 Å². The number of carbonyl (C=O) groups is 2. The number of ether oxygens (including phenoxy) is 1. The number of allylic oxidation sites excluding steroid dienone is 1. The van der Waals surface area contributed by atoms with E-state index < -0.39 is 5.92 Å². The van der Waals surface area contributed by atoms with Crippen molar-refractivity contribution in [3.05, 3.63) is 47.0 Å². The zero-order valence-corrected chi connectivity index (χ0v) is 10.8. The molecule has 0 bridgehead atoms. The lowest BCUT2D eigenvalue weighted by atomic mass is 9.66. The highest BCUT2D eigenvalue weighted by Crippen LogP contribution is 2.42. The molecule has 1 aliphatic carbocycles. The summed E-state index contributed by atoms with van der Waals surface area (Å²) in [7, 11) is 1.35. The Labute approximate surface area is 106 Å². The van der Waals surface area contributed by atoms with Gasteiger partial charge in [0.1, 0.15) is 0 Å². The summed E-state index contributed by atoms with van der Waals surface area (Å²) in [6.07, 6.45) is 0. The smallest absolute Gasteiger partial charge is 0.313 e. The molecular formula is C15H16O3. The molecule has 0 radical (unpaired) electrons. The summed E-state index contributed by atoms with van der Waals surface area (Å²) in [6.45, 7) is 3.78. The molecule has 1 aliphatic rings. The average molecular weight is 244 g/mol. The Kier molecular flexibility index (Phi) is 3.32. The van der Waals surface area contributed by atoms with E-state index in [0.717, 1.165) is 11.1 Å². The minimum atomic E-state index is -0.414. The summed E-state index contributed by atoms with van der Waals surface area (Å²) in [6, 6.07) is 9.06. The molecule has 0 aliphatic heterocycles. The summed E-state index contributed by atoms with van der Waals surface area (Å²) in [5.74, 6) is -1.11. The average Bonchev–Trinajstić information content (AvgIpc) is 2.43. The lowest BCUT2D eigenvalue weighted by Crippen LogP contribution is -2.40. The van der Waals surface area contributed by atoms with E-state index in [4.69, 9.17) is 4.74 Å². The molecule has 0 unspecified atom stereocenters. The van der Waals surface area contributed by atoms with Gasteiger partial charge in [-0.05, 0) is 13.8 Å². The third-order valence-corrected chi connectivity index (χ3v) is 3.68. The number of benzene rings is 1. The van der Waals surface area contributed by atoms with Crippen molar-refractivity contribution in [1.29, 1.82) is 0 Å². The van der Waals surface area contributed by atoms with Gasteiger partial charge in [-0.25, -0.2) is 0 Å². The van der Waals surface area contributed by atoms with Gasteiger partial charge in [0.25, 0.3) is 0 Å². The van der Waals surface area contributed by atoms with Gasteiger partial charge in [0.2, 0.25) is 0 Å². The number of esters is 1. The SMILES string of the molecule is COC(=O)[C@@H]1C(C)=C(C)[C@H]1C(=O)c1ccccc1. The van der Waals surface area contributed by atoms with E-state index >= 15 is 0 Å². The van der Waals surface area contributed by atoms with Gasteiger partial charge >= 0.3 is 5.97 Å². The molecule has 2 atom stereocenters. The van der Waals surface area contributed by atoms with Crippen molar-refractivity contribution < 1.29 is 14.3 Å². The zero-order chi connectivity index (χ0) is 13.3. The second kappa shape index (κ2) is 4.77. The lowest BCUT2D eigenvalue weighted by Gasteiger charge is -2.36. The molecule has 0 spiro atoms. The fraction of sp³-hybridized carbons (Fsp3) is 0.333. The summed E-state index contributed by atoms with van der Waals surface area (Å²) in [5.41, 5.74) is 2.58. The topological polar surface area (TPSA) is 43.4 Å². The number of hydrogen-bond acceptors (Lipinski definition) is 3. The maximum Gasteiger partial charge on any atom is 0.313 e. The van der Waals surface area contributed by atoms with Gasteiger partial charge in [-0.15, -0.1) is 0 Å². The summed E-state index contributed by atoms with van der Waals surface area (Å²) in [4.78, 5) is 24.1. The first kappa shape index (κ1) is 12.6. The molecule has 2 rings (SSSR count). The van der Waals surface area contributed by atoms with Crippen molar-refractivity contribution in [3.63, 3.8) is 0 Å². The quantitative estimate of drug-likeness (QED) is 0.466. The number of hydrogen-bond donors (Lipinski definition) is 0. The molecule has 0 heterocycles. The Morgan fingerprint density at radius 1 is 1.00 bits per heavy atom. The van der Waals surface area contributed by atoms with Gasteiger partial charge in [-0.1, -0.05) is 41.5 Å². The van der Waals surface area contributed by atoms with Crippen molar-refractivity contribution in [2.75, 3.05) is 7.11 Å². The molecule has 94 valence electrons. The van der Waals surface area contributed by atoms with Gasteiger partial charge in [-0.3, -0.25) is 9.59 Å². The second-order valence-corrected chi connectivity index (χ2v) is 4.57. The van der Waals surface area contributed by atoms with Crippen LogP contribution in [-0.2, 0) is 9.53 Å². The van der Waals surface area contributed by atoms with Crippen LogP contribution in [0.2, 0.25) is 0 Å². The first-order chi connectivity index (χ1) is 8.57. The maximum atomic E-state index is 12.4. The van der Waals surface area contributed by atoms with Crippen LogP contribution in [0.15, 0.2) is 41.5 Å². The number of Topliss-reactive ketones (excluding diaryl/α,β-unsaturated/α-hetero) is 1. The molecule has 18 heavy (non-hydrogen) atoms. The molecule has 1 aromatic carbocycles. The van der Waals surface area contributed by atoms with E-state index in [1.165, 1.54) is 7.11 Å². The Balaban J connectivity index is 2.29. The standard InChI is InChI=1S/C15H16O3/c1-9-10(2)13(15(17)18-3)12(9)14(16)11-7-5-4-6-8-11/h4-8,12-13H,1-3H3/t12-,13-/m1/s1. The lowest BCUT2D eigenvalue weighted by molar-refractivity contribution is -0.145. The summed E-state index contributed by atoms with van der Waals surface area (Å²) in [5, 5.41) is 0. The Hall–Kier alpha value is -1.90. The molecule has 0 N–H and O–H groups in total. The van der Waals surface area contributed by atoms with Gasteiger partial charge < -0.3 is 4.74 Å². The molecule has 1 aromatic rings. The van der Waals surface area contributed by atoms with Crippen LogP contribution >= 0.6 is 0 Å². The first-order valence-corrected chi connectivity index (χ1v) is 5.92. The van der Waals surface area contributed by atoms with Crippen LogP contribution in [0.5, 0.6) is 0 Å². The highest BCUT2D eigenvalue weighted by atomic mass is 16.5. The Morgan fingerprint density at radius 2 is 1.56 bits per heavy atom. The Bertz CT molecular complexity index is 514. The molecule has 0 aromatic heterocycles. The predicted octanol–water partition coefficient (Wildman–Crippen LogP) is 2.62. The van der Waals surface area contributed by atoms with Crippen molar-refractivity contribution in [1.82, 2.24) is 0 Å². The monoisotopic (exact) mass is 244 g/mol. The fourth-order valence-corrected chi connectivity index (χ4v) is 2.46. The van der Waals surface area contributed by atoms with Crippen LogP contribution in [0.3, 0.4) is 0 Å². The summed E-state index contributed by atoms with van der Waals surface area (Å²) < 4.78 is 4.76. The third kappa shape index (κ3) is 1.86. The number of rotatable bonds is 3. The van der Waals surface area contributed by atoms with Gasteiger partial charge in [0, 0.05) is 5.56 Å². The minimum Gasteiger partial charge on any atom is -0.469 e.